The molecule has 28 heavy (non-hydrogen) atoms. The number of fused-ring (bicyclic) bond motifs is 1. The molecule has 0 aliphatic rings. The van der Waals surface area contributed by atoms with Crippen molar-refractivity contribution in [2.24, 2.45) is 0 Å². The lowest BCUT2D eigenvalue weighted by molar-refractivity contribution is -0.123. The fourth-order valence-electron chi connectivity index (χ4n) is 2.79. The molecule has 0 saturated heterocycles. The molecule has 0 aliphatic carbocycles. The van der Waals surface area contributed by atoms with Crippen LogP contribution in [0.25, 0.3) is 11.0 Å². The average Bonchev–Trinajstić information content (AvgIpc) is 3.04. The standard InChI is InChI=1S/C21H21NO6/c1-12-15-7-5-6-8-16(15)28-19(12)21(24)27-13(2)20(23)22-14-9-10-17(25-3)18(11-14)26-4/h5-11,13H,1-4H3,(H,22,23)/t13-/m1/s1. The van der Waals surface area contributed by atoms with E-state index in [1.807, 2.05) is 18.2 Å². The summed E-state index contributed by atoms with van der Waals surface area (Å²) >= 11 is 0. The van der Waals surface area contributed by atoms with Crippen LogP contribution in [0.3, 0.4) is 0 Å². The topological polar surface area (TPSA) is 87.0 Å². The zero-order valence-electron chi connectivity index (χ0n) is 16.1. The van der Waals surface area contributed by atoms with Crippen LogP contribution in [0.1, 0.15) is 23.0 Å². The van der Waals surface area contributed by atoms with Crippen molar-refractivity contribution in [1.29, 1.82) is 0 Å². The number of nitrogens with one attached hydrogen (secondary N) is 1. The molecule has 3 rings (SSSR count). The number of carbonyl (C=O) groups excluding carboxylic acids is 2. The molecule has 1 heterocycles. The van der Waals surface area contributed by atoms with Gasteiger partial charge in [0.2, 0.25) is 5.76 Å². The molecule has 3 aromatic rings. The normalized spacial score (nSPS) is 11.7. The van der Waals surface area contributed by atoms with E-state index in [2.05, 4.69) is 5.32 Å². The summed E-state index contributed by atoms with van der Waals surface area (Å²) in [7, 11) is 3.03. The van der Waals surface area contributed by atoms with Gasteiger partial charge in [-0.1, -0.05) is 18.2 Å². The van der Waals surface area contributed by atoms with E-state index in [4.69, 9.17) is 18.6 Å². The van der Waals surface area contributed by atoms with Crippen LogP contribution in [0.4, 0.5) is 5.69 Å². The summed E-state index contributed by atoms with van der Waals surface area (Å²) in [5.74, 6) is -0.0619. The van der Waals surface area contributed by atoms with Crippen LogP contribution < -0.4 is 14.8 Å². The van der Waals surface area contributed by atoms with Gasteiger partial charge in [-0.2, -0.15) is 0 Å². The molecule has 146 valence electrons. The molecule has 0 radical (unpaired) electrons. The van der Waals surface area contributed by atoms with Crippen molar-refractivity contribution in [2.75, 3.05) is 19.5 Å². The van der Waals surface area contributed by atoms with Crippen LogP contribution in [0.2, 0.25) is 0 Å². The summed E-state index contributed by atoms with van der Waals surface area (Å²) in [6.45, 7) is 3.27. The third-order valence-electron chi connectivity index (χ3n) is 4.33. The number of para-hydroxylation sites is 1. The molecule has 0 bridgehead atoms. The Balaban J connectivity index is 1.70. The number of amides is 1. The largest absolute Gasteiger partial charge is 0.493 e. The van der Waals surface area contributed by atoms with Gasteiger partial charge in [-0.3, -0.25) is 4.79 Å². The Morgan fingerprint density at radius 3 is 2.43 bits per heavy atom. The zero-order chi connectivity index (χ0) is 20.3. The minimum absolute atomic E-state index is 0.0898. The van der Waals surface area contributed by atoms with Gasteiger partial charge >= 0.3 is 5.97 Å². The molecular formula is C21H21NO6. The number of ether oxygens (including phenoxy) is 3. The Hall–Kier alpha value is -3.48. The molecule has 1 amide bonds. The van der Waals surface area contributed by atoms with Crippen molar-refractivity contribution in [2.45, 2.75) is 20.0 Å². The molecule has 0 unspecified atom stereocenters. The van der Waals surface area contributed by atoms with Crippen LogP contribution in [-0.2, 0) is 9.53 Å². The Morgan fingerprint density at radius 2 is 1.75 bits per heavy atom. The van der Waals surface area contributed by atoms with Gasteiger partial charge in [-0.05, 0) is 32.0 Å². The highest BCUT2D eigenvalue weighted by molar-refractivity contribution is 5.99. The fraction of sp³-hybridized carbons (Fsp3) is 0.238. The third kappa shape index (κ3) is 3.78. The first-order chi connectivity index (χ1) is 13.4. The number of furan rings is 1. The van der Waals surface area contributed by atoms with Gasteiger partial charge in [0.1, 0.15) is 5.58 Å². The molecule has 0 saturated carbocycles. The third-order valence-corrected chi connectivity index (χ3v) is 4.33. The van der Waals surface area contributed by atoms with Crippen molar-refractivity contribution < 1.29 is 28.2 Å². The van der Waals surface area contributed by atoms with E-state index in [-0.39, 0.29) is 5.76 Å². The van der Waals surface area contributed by atoms with Gasteiger partial charge < -0.3 is 23.9 Å². The van der Waals surface area contributed by atoms with Crippen molar-refractivity contribution in [1.82, 2.24) is 0 Å². The SMILES string of the molecule is COc1ccc(NC(=O)[C@@H](C)OC(=O)c2oc3ccccc3c2C)cc1OC. The number of hydrogen-bond donors (Lipinski definition) is 1. The van der Waals surface area contributed by atoms with Crippen LogP contribution in [0, 0.1) is 6.92 Å². The predicted molar refractivity (Wildman–Crippen MR) is 104 cm³/mol. The first kappa shape index (κ1) is 19.3. The number of carbonyl (C=O) groups is 2. The lowest BCUT2D eigenvalue weighted by Gasteiger charge is -2.14. The number of methoxy groups -OCH3 is 2. The van der Waals surface area contributed by atoms with Gasteiger partial charge in [-0.15, -0.1) is 0 Å². The van der Waals surface area contributed by atoms with Crippen molar-refractivity contribution >= 4 is 28.5 Å². The fourth-order valence-corrected chi connectivity index (χ4v) is 2.79. The number of anilines is 1. The Morgan fingerprint density at radius 1 is 1.04 bits per heavy atom. The zero-order valence-corrected chi connectivity index (χ0v) is 16.1. The smallest absolute Gasteiger partial charge is 0.375 e. The monoisotopic (exact) mass is 383 g/mol. The Kier molecular flexibility index (Phi) is 5.54. The van der Waals surface area contributed by atoms with Gasteiger partial charge in [0.25, 0.3) is 5.91 Å². The van der Waals surface area contributed by atoms with Crippen LogP contribution in [0.5, 0.6) is 11.5 Å². The summed E-state index contributed by atoms with van der Waals surface area (Å²) in [6, 6.07) is 12.3. The molecular weight excluding hydrogens is 362 g/mol. The van der Waals surface area contributed by atoms with E-state index >= 15 is 0 Å². The van der Waals surface area contributed by atoms with Crippen molar-refractivity contribution in [3.8, 4) is 11.5 Å². The maximum Gasteiger partial charge on any atom is 0.375 e. The number of aryl methyl sites for hydroxylation is 1. The summed E-state index contributed by atoms with van der Waals surface area (Å²) in [5, 5.41) is 3.51. The van der Waals surface area contributed by atoms with E-state index in [9.17, 15) is 9.59 Å². The van der Waals surface area contributed by atoms with Crippen molar-refractivity contribution in [3.05, 3.63) is 53.8 Å². The minimum Gasteiger partial charge on any atom is -0.493 e. The van der Waals surface area contributed by atoms with Gasteiger partial charge in [0.15, 0.2) is 17.6 Å². The van der Waals surface area contributed by atoms with Gasteiger partial charge in [0, 0.05) is 22.7 Å². The number of hydrogen-bond acceptors (Lipinski definition) is 6. The molecule has 2 aromatic carbocycles. The molecule has 7 nitrogen and oxygen atoms in total. The second-order valence-corrected chi connectivity index (χ2v) is 6.16. The molecule has 1 aromatic heterocycles. The molecule has 0 fully saturated rings. The summed E-state index contributed by atoms with van der Waals surface area (Å²) in [5.41, 5.74) is 1.76. The van der Waals surface area contributed by atoms with Crippen LogP contribution in [-0.4, -0.2) is 32.2 Å². The highest BCUT2D eigenvalue weighted by Crippen LogP contribution is 2.30. The van der Waals surface area contributed by atoms with E-state index in [0.29, 0.717) is 28.3 Å². The lowest BCUT2D eigenvalue weighted by atomic mass is 10.1. The molecule has 1 atom stereocenters. The second-order valence-electron chi connectivity index (χ2n) is 6.16. The Bertz CT molecular complexity index is 1020. The number of benzene rings is 2. The minimum atomic E-state index is -1.02. The quantitative estimate of drug-likeness (QED) is 0.649. The molecule has 7 heteroatoms. The van der Waals surface area contributed by atoms with Crippen molar-refractivity contribution in [3.63, 3.8) is 0 Å². The highest BCUT2D eigenvalue weighted by Gasteiger charge is 2.24. The highest BCUT2D eigenvalue weighted by atomic mass is 16.6. The van der Waals surface area contributed by atoms with E-state index in [0.717, 1.165) is 5.39 Å². The van der Waals surface area contributed by atoms with E-state index in [1.54, 1.807) is 31.2 Å². The van der Waals surface area contributed by atoms with Gasteiger partial charge in [0.05, 0.1) is 14.2 Å². The van der Waals surface area contributed by atoms with Gasteiger partial charge in [-0.25, -0.2) is 4.79 Å². The first-order valence-corrected chi connectivity index (χ1v) is 8.66. The lowest BCUT2D eigenvalue weighted by Crippen LogP contribution is -2.30. The molecule has 0 aliphatic heterocycles. The first-order valence-electron chi connectivity index (χ1n) is 8.66. The predicted octanol–water partition coefficient (Wildman–Crippen LogP) is 3.94. The van der Waals surface area contributed by atoms with Crippen LogP contribution >= 0.6 is 0 Å². The maximum absolute atomic E-state index is 12.5. The summed E-state index contributed by atoms with van der Waals surface area (Å²) in [6.07, 6.45) is -1.02. The van der Waals surface area contributed by atoms with E-state index in [1.165, 1.54) is 21.1 Å². The maximum atomic E-state index is 12.5. The molecule has 1 N–H and O–H groups in total. The number of esters is 1. The Labute approximate surface area is 162 Å². The number of rotatable bonds is 6. The summed E-state index contributed by atoms with van der Waals surface area (Å²) < 4.78 is 21.2. The summed E-state index contributed by atoms with van der Waals surface area (Å²) in [4.78, 5) is 24.9. The molecule has 0 spiro atoms. The average molecular weight is 383 g/mol. The van der Waals surface area contributed by atoms with Crippen LogP contribution in [0.15, 0.2) is 46.9 Å². The van der Waals surface area contributed by atoms with E-state index < -0.39 is 18.0 Å². The second kappa shape index (κ2) is 8.04.